The third kappa shape index (κ3) is 17.1. The van der Waals surface area contributed by atoms with Gasteiger partial charge in [0, 0.05) is 0 Å². The van der Waals surface area contributed by atoms with Gasteiger partial charge in [-0.1, -0.05) is 72.3 Å². The summed E-state index contributed by atoms with van der Waals surface area (Å²) in [6, 6.07) is 0. The topological polar surface area (TPSA) is 557 Å². The van der Waals surface area contributed by atoms with Crippen LogP contribution in [-0.2, 0) is 80.6 Å². The minimum absolute atomic E-state index is 0.0255. The van der Waals surface area contributed by atoms with Crippen LogP contribution >= 0.6 is 0 Å². The van der Waals surface area contributed by atoms with E-state index in [2.05, 4.69) is 61.1 Å². The van der Waals surface area contributed by atoms with Crippen LogP contribution in [0.25, 0.3) is 0 Å². The van der Waals surface area contributed by atoms with Gasteiger partial charge in [-0.15, -0.1) is 6.58 Å². The van der Waals surface area contributed by atoms with Crippen molar-refractivity contribution >= 4 is 11.9 Å². The molecule has 0 amide bonds. The summed E-state index contributed by atoms with van der Waals surface area (Å²) in [5.41, 5.74) is -3.68. The van der Waals surface area contributed by atoms with E-state index in [4.69, 9.17) is 71.1 Å². The average molecular weight is 1640 g/mol. The lowest BCUT2D eigenvalue weighted by Crippen LogP contribution is -2.67. The Kier molecular flexibility index (Phi) is 27.7. The zero-order valence-corrected chi connectivity index (χ0v) is 66.0. The molecule has 7 saturated heterocycles. The predicted octanol–water partition coefficient (Wildman–Crippen LogP) is -3.79. The van der Waals surface area contributed by atoms with Crippen molar-refractivity contribution in [3.63, 3.8) is 0 Å². The highest BCUT2D eigenvalue weighted by atomic mass is 16.8. The fourth-order valence-corrected chi connectivity index (χ4v) is 20.8. The number of allylic oxidation sites excluding steroid dienone is 3. The van der Waals surface area contributed by atoms with E-state index in [-0.39, 0.29) is 46.5 Å². The van der Waals surface area contributed by atoms with E-state index in [0.29, 0.717) is 51.4 Å². The Labute approximate surface area is 661 Å². The van der Waals surface area contributed by atoms with Crippen LogP contribution in [-0.4, -0.2) is 357 Å². The molecule has 5 aliphatic carbocycles. The number of hydrogen-bond acceptors (Lipinski definition) is 36. The van der Waals surface area contributed by atoms with E-state index in [1.165, 1.54) is 26.0 Å². The van der Waals surface area contributed by atoms with Crippen LogP contribution in [0.4, 0.5) is 0 Å². The largest absolute Gasteiger partial charge is 0.459 e. The fourth-order valence-electron chi connectivity index (χ4n) is 20.8. The third-order valence-electron chi connectivity index (χ3n) is 28.2. The Bertz CT molecular complexity index is 3350. The van der Waals surface area contributed by atoms with Crippen molar-refractivity contribution in [3.8, 4) is 0 Å². The molecule has 36 nitrogen and oxygen atoms in total. The van der Waals surface area contributed by atoms with Gasteiger partial charge in [-0.3, -0.25) is 4.79 Å². The van der Waals surface area contributed by atoms with Gasteiger partial charge in [0.15, 0.2) is 43.8 Å². The highest BCUT2D eigenvalue weighted by molar-refractivity contribution is 5.88. The van der Waals surface area contributed by atoms with Gasteiger partial charge in [-0.05, 0) is 136 Å². The Morgan fingerprint density at radius 3 is 1.69 bits per heavy atom. The predicted molar refractivity (Wildman–Crippen MR) is 384 cm³/mol. The molecular formula is C78H124O36. The normalized spacial score (nSPS) is 50.2. The van der Waals surface area contributed by atoms with Crippen molar-refractivity contribution in [1.82, 2.24) is 0 Å². The molecule has 12 aliphatic rings. The first-order chi connectivity index (χ1) is 53.5. The molecule has 12 rings (SSSR count). The molecule has 0 spiro atoms. The number of ether oxygens (including phenoxy) is 15. The molecule has 7 aliphatic heterocycles. The van der Waals surface area contributed by atoms with Gasteiger partial charge in [0.05, 0.1) is 68.4 Å². The van der Waals surface area contributed by atoms with Gasteiger partial charge >= 0.3 is 11.9 Å². The summed E-state index contributed by atoms with van der Waals surface area (Å²) in [5, 5.41) is 209. The van der Waals surface area contributed by atoms with Crippen LogP contribution in [0.1, 0.15) is 139 Å². The fraction of sp³-hybridized carbons (Fsp3) is 0.897. The SMILES string of the molecule is C=C[C@](C)(O)CC/C=C(\CO)C(=O)OC[C@H]1O[C@@H](OC(=O)[C@]23CCC(C)(C)C[C@H]2C2=CC[C@@H]4[C@@]5(C)CC[C@H](O[C@@H]6O[C@H](CO[C@@H]7OC[C@H](O)[C@H](O)[C@H]7O[C@@H]7OC[C@@H](O)[C@H](O)[C@H]7O)[C@@H](O)[C@H](O)[C@H]6O)C(C)(C)[C@@H]5CC[C@@]4(C)[C@]2(C)CC3)[C@H](O[C@@H]2O[C@@H](C)[C@H](O[C@@H]3OC[C@@H](O)[C@H](O[C@H]4OC[C@@H](O)[C@H](O)[C@H]4O)[C@H]3O)[C@@H](O)[C@H]2O)[C@@H](O)[C@@H]1O. The van der Waals surface area contributed by atoms with E-state index >= 15 is 4.79 Å². The Morgan fingerprint density at radius 1 is 0.535 bits per heavy atom. The van der Waals surface area contributed by atoms with Crippen LogP contribution in [0.15, 0.2) is 36.0 Å². The van der Waals surface area contributed by atoms with Crippen molar-refractivity contribution in [1.29, 1.82) is 0 Å². The molecule has 652 valence electrons. The Morgan fingerprint density at radius 2 is 1.05 bits per heavy atom. The number of esters is 2. The molecule has 114 heavy (non-hydrogen) atoms. The first kappa shape index (κ1) is 90.1. The first-order valence-electron chi connectivity index (χ1n) is 40.1. The van der Waals surface area contributed by atoms with Gasteiger partial charge < -0.3 is 168 Å². The maximum absolute atomic E-state index is 16.1. The van der Waals surface area contributed by atoms with Crippen molar-refractivity contribution in [2.45, 2.75) is 342 Å². The summed E-state index contributed by atoms with van der Waals surface area (Å²) < 4.78 is 89.5. The lowest BCUT2D eigenvalue weighted by Gasteiger charge is -2.71. The van der Waals surface area contributed by atoms with E-state index < -0.39 is 283 Å². The summed E-state index contributed by atoms with van der Waals surface area (Å²) in [7, 11) is 0. The molecule has 36 heteroatoms. The number of rotatable bonds is 23. The summed E-state index contributed by atoms with van der Waals surface area (Å²) in [6.45, 7) is 18.2. The zero-order chi connectivity index (χ0) is 83.2. The van der Waals surface area contributed by atoms with Crippen molar-refractivity contribution in [2.24, 2.45) is 50.2 Å². The van der Waals surface area contributed by atoms with Gasteiger partial charge in [-0.25, -0.2) is 4.79 Å². The quantitative estimate of drug-likeness (QED) is 0.0202. The van der Waals surface area contributed by atoms with Crippen molar-refractivity contribution in [3.05, 3.63) is 36.0 Å². The highest BCUT2D eigenvalue weighted by Gasteiger charge is 2.71. The lowest BCUT2D eigenvalue weighted by atomic mass is 9.33. The van der Waals surface area contributed by atoms with E-state index in [1.807, 2.05) is 0 Å². The number of carbonyl (C=O) groups is 2. The summed E-state index contributed by atoms with van der Waals surface area (Å²) >= 11 is 0. The maximum Gasteiger partial charge on any atom is 0.336 e. The molecule has 7 heterocycles. The van der Waals surface area contributed by atoms with Crippen LogP contribution in [0.3, 0.4) is 0 Å². The number of aliphatic hydroxyl groups is 19. The van der Waals surface area contributed by atoms with Crippen LogP contribution in [0, 0.1) is 50.2 Å². The number of aliphatic hydroxyl groups excluding tert-OH is 18. The Hall–Kier alpha value is -3.12. The standard InChI is InChI=1S/C78H124O36/c1-11-74(7,99)18-12-13-34(26-79)63(97)100-31-41-50(88)52(90)62(113-67-57(95)53(91)59(33(2)106-67)110-66-58(96)60(40(83)30-103-66)111-64-54(92)46(84)37(80)27-101-64)70(108-41)114-71(98)78-23-21-72(3,4)25-36(78)35-14-15-44-75(8)19-17-45(73(5,6)43(75)16-20-77(44,10)76(35,9)22-24-78)109-68-56(94)51(89)49(87)42(107-68)32-105-69-61(48(86)39(82)29-104-69)112-65-55(93)47(85)38(81)28-102-65/h11,13-14,33,36-62,64-70,79-96,99H,1,12,15-32H2,2-10H3/b34-13+/t33-,36-,37+,38+,39-,40+,41+,42+,43-,44+,45-,46-,47-,48-,49+,50+,51-,52-,53-,54+,55+,56+,57+,58+,59-,60-,61+,62+,64+,65-,66-,67-,68-,69-,70-,74-,75-,76+,77+,78-/m0/s1. The molecule has 0 aromatic carbocycles. The second-order valence-electron chi connectivity index (χ2n) is 36.3. The lowest BCUT2D eigenvalue weighted by molar-refractivity contribution is -0.379. The van der Waals surface area contributed by atoms with Gasteiger partial charge in [0.25, 0.3) is 0 Å². The zero-order valence-electron chi connectivity index (χ0n) is 66.0. The highest BCUT2D eigenvalue weighted by Crippen LogP contribution is 2.76. The molecule has 4 saturated carbocycles. The molecular weight excluding hydrogens is 1510 g/mol. The van der Waals surface area contributed by atoms with Crippen molar-refractivity contribution in [2.75, 3.05) is 46.2 Å². The van der Waals surface area contributed by atoms with E-state index in [1.54, 1.807) is 0 Å². The molecule has 0 unspecified atom stereocenters. The minimum atomic E-state index is -2.08. The van der Waals surface area contributed by atoms with Gasteiger partial charge in [0.2, 0.25) is 6.29 Å². The maximum atomic E-state index is 16.1. The second kappa shape index (κ2) is 35.0. The van der Waals surface area contributed by atoms with E-state index in [9.17, 15) is 102 Å². The Balaban J connectivity index is 0.755. The molecule has 0 aromatic heterocycles. The van der Waals surface area contributed by atoms with Crippen LogP contribution < -0.4 is 0 Å². The third-order valence-corrected chi connectivity index (χ3v) is 28.2. The number of hydrogen-bond donors (Lipinski definition) is 19. The molecule has 0 bridgehead atoms. The van der Waals surface area contributed by atoms with Crippen molar-refractivity contribution < 1.29 is 178 Å². The first-order valence-corrected chi connectivity index (χ1v) is 40.1. The molecule has 19 N–H and O–H groups in total. The second-order valence-corrected chi connectivity index (χ2v) is 36.3. The summed E-state index contributed by atoms with van der Waals surface area (Å²) in [5.74, 6) is -2.06. The van der Waals surface area contributed by atoms with Crippen LogP contribution in [0.2, 0.25) is 0 Å². The van der Waals surface area contributed by atoms with Gasteiger partial charge in [0.1, 0.15) is 141 Å². The molecule has 0 aromatic rings. The number of carbonyl (C=O) groups excluding carboxylic acids is 2. The molecule has 0 radical (unpaired) electrons. The summed E-state index contributed by atoms with van der Waals surface area (Å²) in [6.07, 6.45) is -42.0. The summed E-state index contributed by atoms with van der Waals surface area (Å²) in [4.78, 5) is 29.7. The average Bonchev–Trinajstić information content (AvgIpc) is 0.673. The number of fused-ring (bicyclic) bond motifs is 7. The van der Waals surface area contributed by atoms with Crippen LogP contribution in [0.5, 0.6) is 0 Å². The van der Waals surface area contributed by atoms with E-state index in [0.717, 1.165) is 18.4 Å². The molecule has 11 fully saturated rings. The monoisotopic (exact) mass is 1640 g/mol. The van der Waals surface area contributed by atoms with Gasteiger partial charge in [-0.2, -0.15) is 0 Å². The smallest absolute Gasteiger partial charge is 0.336 e. The minimum Gasteiger partial charge on any atom is -0.459 e. The molecule has 40 atom stereocenters.